The van der Waals surface area contributed by atoms with Crippen LogP contribution in [0.15, 0.2) is 12.1 Å². The summed E-state index contributed by atoms with van der Waals surface area (Å²) in [6.07, 6.45) is 2.29. The van der Waals surface area contributed by atoms with E-state index < -0.39 is 0 Å². The van der Waals surface area contributed by atoms with E-state index in [0.29, 0.717) is 24.7 Å². The van der Waals surface area contributed by atoms with Gasteiger partial charge in [0.25, 0.3) is 0 Å². The number of carbonyl (C=O) groups excluding carboxylic acids is 1. The van der Waals surface area contributed by atoms with Gasteiger partial charge in [-0.05, 0) is 32.0 Å². The molecule has 0 amide bonds. The van der Waals surface area contributed by atoms with E-state index in [0.717, 1.165) is 13.0 Å². The first-order valence-electron chi connectivity index (χ1n) is 5.98. The van der Waals surface area contributed by atoms with Crippen LogP contribution in [0.4, 0.5) is 0 Å². The van der Waals surface area contributed by atoms with Gasteiger partial charge in [-0.3, -0.25) is 4.79 Å². The third kappa shape index (κ3) is 4.45. The Morgan fingerprint density at radius 2 is 2.06 bits per heavy atom. The van der Waals surface area contributed by atoms with Crippen molar-refractivity contribution in [3.05, 3.63) is 21.9 Å². The molecule has 0 spiro atoms. The van der Waals surface area contributed by atoms with Crippen LogP contribution >= 0.6 is 11.3 Å². The maximum Gasteiger partial charge on any atom is 0.139 e. The molecule has 1 atom stereocenters. The van der Waals surface area contributed by atoms with E-state index in [4.69, 9.17) is 0 Å². The Morgan fingerprint density at radius 3 is 2.62 bits per heavy atom. The van der Waals surface area contributed by atoms with Crippen molar-refractivity contribution in [1.29, 1.82) is 0 Å². The molecule has 16 heavy (non-hydrogen) atoms. The van der Waals surface area contributed by atoms with E-state index in [2.05, 4.69) is 38.2 Å². The van der Waals surface area contributed by atoms with Crippen molar-refractivity contribution < 1.29 is 4.79 Å². The molecular weight excluding hydrogens is 218 g/mol. The number of aryl methyl sites for hydroxylation is 1. The second-order valence-corrected chi connectivity index (χ2v) is 5.35. The fourth-order valence-corrected chi connectivity index (χ4v) is 2.72. The van der Waals surface area contributed by atoms with Gasteiger partial charge in [0.15, 0.2) is 0 Å². The van der Waals surface area contributed by atoms with Gasteiger partial charge in [-0.15, -0.1) is 11.3 Å². The number of hydrogen-bond donors (Lipinski definition) is 1. The lowest BCUT2D eigenvalue weighted by molar-refractivity contribution is -0.118. The molecule has 0 saturated carbocycles. The number of nitrogens with one attached hydrogen (secondary N) is 1. The molecule has 0 aliphatic heterocycles. The molecule has 0 bridgehead atoms. The van der Waals surface area contributed by atoms with Crippen molar-refractivity contribution in [2.24, 2.45) is 0 Å². The molecule has 0 aliphatic carbocycles. The van der Waals surface area contributed by atoms with Gasteiger partial charge in [0.1, 0.15) is 5.78 Å². The molecule has 2 nitrogen and oxygen atoms in total. The Balaban J connectivity index is 2.39. The molecule has 0 saturated heterocycles. The van der Waals surface area contributed by atoms with Gasteiger partial charge in [0.05, 0.1) is 0 Å². The Kier molecular flexibility index (Phi) is 5.71. The zero-order valence-electron chi connectivity index (χ0n) is 10.4. The first-order valence-corrected chi connectivity index (χ1v) is 6.80. The summed E-state index contributed by atoms with van der Waals surface area (Å²) < 4.78 is 0. The molecule has 1 aromatic heterocycles. The van der Waals surface area contributed by atoms with Gasteiger partial charge in [-0.25, -0.2) is 0 Å². The van der Waals surface area contributed by atoms with E-state index in [1.54, 1.807) is 11.3 Å². The highest BCUT2D eigenvalue weighted by atomic mass is 32.1. The van der Waals surface area contributed by atoms with Crippen LogP contribution in [0.3, 0.4) is 0 Å². The van der Waals surface area contributed by atoms with E-state index in [9.17, 15) is 4.79 Å². The van der Waals surface area contributed by atoms with Gasteiger partial charge in [-0.1, -0.05) is 13.8 Å². The third-order valence-corrected chi connectivity index (χ3v) is 3.75. The van der Waals surface area contributed by atoms with E-state index >= 15 is 0 Å². The van der Waals surface area contributed by atoms with E-state index in [1.165, 1.54) is 9.75 Å². The first-order chi connectivity index (χ1) is 7.65. The zero-order valence-corrected chi connectivity index (χ0v) is 11.2. The lowest BCUT2D eigenvalue weighted by Gasteiger charge is -2.10. The SMILES string of the molecule is CCNC(C)CC(=O)Cc1ccc(CC)s1. The van der Waals surface area contributed by atoms with Gasteiger partial charge in [0, 0.05) is 28.6 Å². The van der Waals surface area contributed by atoms with Gasteiger partial charge >= 0.3 is 0 Å². The molecule has 0 aliphatic rings. The number of ketones is 1. The standard InChI is InChI=1S/C13H21NOS/c1-4-12-6-7-13(16-12)9-11(15)8-10(3)14-5-2/h6-7,10,14H,4-5,8-9H2,1-3H3. The molecule has 0 radical (unpaired) electrons. The summed E-state index contributed by atoms with van der Waals surface area (Å²) in [6.45, 7) is 7.19. The first kappa shape index (κ1) is 13.4. The molecule has 0 aromatic carbocycles. The highest BCUT2D eigenvalue weighted by Gasteiger charge is 2.10. The van der Waals surface area contributed by atoms with Crippen molar-refractivity contribution in [2.75, 3.05) is 6.54 Å². The van der Waals surface area contributed by atoms with Crippen LogP contribution < -0.4 is 5.32 Å². The summed E-state index contributed by atoms with van der Waals surface area (Å²) in [7, 11) is 0. The summed E-state index contributed by atoms with van der Waals surface area (Å²) in [5, 5.41) is 3.26. The van der Waals surface area contributed by atoms with Crippen molar-refractivity contribution in [3.8, 4) is 0 Å². The van der Waals surface area contributed by atoms with Crippen LogP contribution in [0, 0.1) is 0 Å². The Morgan fingerprint density at radius 1 is 1.38 bits per heavy atom. The van der Waals surface area contributed by atoms with Crippen LogP contribution in [0.5, 0.6) is 0 Å². The number of carbonyl (C=O) groups is 1. The molecule has 0 fully saturated rings. The predicted molar refractivity (Wildman–Crippen MR) is 70.2 cm³/mol. The third-order valence-electron chi connectivity index (χ3n) is 2.52. The normalized spacial score (nSPS) is 12.7. The molecule has 3 heteroatoms. The smallest absolute Gasteiger partial charge is 0.139 e. The maximum absolute atomic E-state index is 11.8. The van der Waals surface area contributed by atoms with E-state index in [1.807, 2.05) is 0 Å². The summed E-state index contributed by atoms with van der Waals surface area (Å²) in [6, 6.07) is 4.50. The maximum atomic E-state index is 11.8. The highest BCUT2D eigenvalue weighted by Crippen LogP contribution is 2.18. The molecule has 1 unspecified atom stereocenters. The van der Waals surface area contributed by atoms with Crippen LogP contribution in [-0.4, -0.2) is 18.4 Å². The molecule has 1 aromatic rings. The average molecular weight is 239 g/mol. The minimum absolute atomic E-state index is 0.295. The van der Waals surface area contributed by atoms with Crippen molar-refractivity contribution in [2.45, 2.75) is 46.1 Å². The lowest BCUT2D eigenvalue weighted by atomic mass is 10.1. The minimum Gasteiger partial charge on any atom is -0.314 e. The topological polar surface area (TPSA) is 29.1 Å². The highest BCUT2D eigenvalue weighted by molar-refractivity contribution is 7.12. The van der Waals surface area contributed by atoms with Crippen LogP contribution in [0.25, 0.3) is 0 Å². The fraction of sp³-hybridized carbons (Fsp3) is 0.615. The van der Waals surface area contributed by atoms with E-state index in [-0.39, 0.29) is 0 Å². The van der Waals surface area contributed by atoms with Crippen molar-refractivity contribution in [1.82, 2.24) is 5.32 Å². The summed E-state index contributed by atoms with van der Waals surface area (Å²) in [5.41, 5.74) is 0. The van der Waals surface area contributed by atoms with Gasteiger partial charge < -0.3 is 5.32 Å². The Hall–Kier alpha value is -0.670. The van der Waals surface area contributed by atoms with Crippen LogP contribution in [0.2, 0.25) is 0 Å². The van der Waals surface area contributed by atoms with Gasteiger partial charge in [0.2, 0.25) is 0 Å². The predicted octanol–water partition coefficient (Wildman–Crippen LogP) is 2.81. The number of thiophene rings is 1. The summed E-state index contributed by atoms with van der Waals surface area (Å²) >= 11 is 1.76. The molecule has 1 heterocycles. The Bertz CT molecular complexity index is 332. The zero-order chi connectivity index (χ0) is 12.0. The number of rotatable bonds is 7. The summed E-state index contributed by atoms with van der Waals surface area (Å²) in [4.78, 5) is 14.3. The summed E-state index contributed by atoms with van der Waals surface area (Å²) in [5.74, 6) is 0.331. The monoisotopic (exact) mass is 239 g/mol. The second kappa shape index (κ2) is 6.81. The van der Waals surface area contributed by atoms with Crippen molar-refractivity contribution >= 4 is 17.1 Å². The lowest BCUT2D eigenvalue weighted by Crippen LogP contribution is -2.28. The molecule has 1 rings (SSSR count). The van der Waals surface area contributed by atoms with Gasteiger partial charge in [-0.2, -0.15) is 0 Å². The molecular formula is C13H21NOS. The average Bonchev–Trinajstić information content (AvgIpc) is 2.65. The minimum atomic E-state index is 0.295. The second-order valence-electron chi connectivity index (χ2n) is 4.10. The molecule has 1 N–H and O–H groups in total. The largest absolute Gasteiger partial charge is 0.314 e. The fourth-order valence-electron chi connectivity index (χ4n) is 1.74. The Labute approximate surface area is 102 Å². The molecule has 90 valence electrons. The quantitative estimate of drug-likeness (QED) is 0.792. The van der Waals surface area contributed by atoms with Crippen LogP contribution in [-0.2, 0) is 17.6 Å². The number of Topliss-reactive ketones (excluding diaryl/α,β-unsaturated/α-hetero) is 1. The van der Waals surface area contributed by atoms with Crippen molar-refractivity contribution in [3.63, 3.8) is 0 Å². The van der Waals surface area contributed by atoms with Crippen LogP contribution in [0.1, 0.15) is 36.9 Å². The number of hydrogen-bond acceptors (Lipinski definition) is 3.